The SMILES string of the molecule is Cl.NC1(c2noc(CCC(=O)c3ccc(F)cc3)n2)CCC1. The number of nitrogens with zero attached hydrogens (tertiary/aromatic N) is 2. The Morgan fingerprint density at radius 2 is 2.00 bits per heavy atom. The molecule has 1 heterocycles. The molecule has 0 saturated heterocycles. The van der Waals surface area contributed by atoms with Crippen LogP contribution in [-0.4, -0.2) is 15.9 Å². The second-order valence-electron chi connectivity index (χ2n) is 5.45. The van der Waals surface area contributed by atoms with Crippen LogP contribution in [0.25, 0.3) is 0 Å². The molecule has 22 heavy (non-hydrogen) atoms. The normalized spacial score (nSPS) is 15.7. The number of hydrogen-bond donors (Lipinski definition) is 1. The Bertz CT molecular complexity index is 653. The van der Waals surface area contributed by atoms with Crippen molar-refractivity contribution in [3.05, 3.63) is 47.4 Å². The quantitative estimate of drug-likeness (QED) is 0.855. The van der Waals surface area contributed by atoms with Crippen LogP contribution < -0.4 is 5.73 Å². The average Bonchev–Trinajstić information content (AvgIpc) is 2.92. The summed E-state index contributed by atoms with van der Waals surface area (Å²) in [6.07, 6.45) is 3.40. The summed E-state index contributed by atoms with van der Waals surface area (Å²) in [5.74, 6) is 0.498. The molecule has 1 aromatic carbocycles. The van der Waals surface area contributed by atoms with E-state index in [0.717, 1.165) is 19.3 Å². The minimum Gasteiger partial charge on any atom is -0.339 e. The van der Waals surface area contributed by atoms with Crippen LogP contribution >= 0.6 is 12.4 Å². The Hall–Kier alpha value is -1.79. The van der Waals surface area contributed by atoms with Crippen molar-refractivity contribution in [2.45, 2.75) is 37.6 Å². The van der Waals surface area contributed by atoms with Gasteiger partial charge in [-0.2, -0.15) is 4.98 Å². The van der Waals surface area contributed by atoms with Crippen molar-refractivity contribution in [1.29, 1.82) is 0 Å². The first-order valence-electron chi connectivity index (χ1n) is 6.97. The molecule has 0 aliphatic heterocycles. The summed E-state index contributed by atoms with van der Waals surface area (Å²) in [6.45, 7) is 0. The zero-order chi connectivity index (χ0) is 14.9. The van der Waals surface area contributed by atoms with Gasteiger partial charge in [0.25, 0.3) is 0 Å². The van der Waals surface area contributed by atoms with Gasteiger partial charge < -0.3 is 10.3 Å². The van der Waals surface area contributed by atoms with E-state index in [1.54, 1.807) is 0 Å². The van der Waals surface area contributed by atoms with Gasteiger partial charge in [-0.1, -0.05) is 5.16 Å². The molecule has 0 atom stereocenters. The Morgan fingerprint density at radius 3 is 2.59 bits per heavy atom. The fourth-order valence-corrected chi connectivity index (χ4v) is 2.34. The van der Waals surface area contributed by atoms with E-state index in [-0.39, 0.29) is 30.4 Å². The first-order valence-corrected chi connectivity index (χ1v) is 6.97. The highest BCUT2D eigenvalue weighted by Crippen LogP contribution is 2.36. The lowest BCUT2D eigenvalue weighted by atomic mass is 9.77. The van der Waals surface area contributed by atoms with Crippen LogP contribution in [0.5, 0.6) is 0 Å². The lowest BCUT2D eigenvalue weighted by Crippen LogP contribution is -2.44. The maximum Gasteiger partial charge on any atom is 0.227 e. The summed E-state index contributed by atoms with van der Waals surface area (Å²) >= 11 is 0. The third kappa shape index (κ3) is 3.34. The molecule has 2 aromatic rings. The van der Waals surface area contributed by atoms with E-state index in [1.165, 1.54) is 24.3 Å². The predicted octanol–water partition coefficient (Wildman–Crippen LogP) is 2.78. The monoisotopic (exact) mass is 325 g/mol. The number of aryl methyl sites for hydroxylation is 1. The smallest absolute Gasteiger partial charge is 0.227 e. The van der Waals surface area contributed by atoms with Gasteiger partial charge in [0.2, 0.25) is 5.89 Å². The van der Waals surface area contributed by atoms with E-state index in [9.17, 15) is 9.18 Å². The molecule has 0 bridgehead atoms. The van der Waals surface area contributed by atoms with Crippen LogP contribution in [0.1, 0.15) is 47.8 Å². The van der Waals surface area contributed by atoms with E-state index >= 15 is 0 Å². The first kappa shape index (κ1) is 16.6. The van der Waals surface area contributed by atoms with Crippen LogP contribution in [0.15, 0.2) is 28.8 Å². The molecule has 0 unspecified atom stereocenters. The lowest BCUT2D eigenvalue weighted by Gasteiger charge is -2.34. The van der Waals surface area contributed by atoms with Gasteiger partial charge in [-0.25, -0.2) is 4.39 Å². The molecule has 0 radical (unpaired) electrons. The number of hydrogen-bond acceptors (Lipinski definition) is 5. The summed E-state index contributed by atoms with van der Waals surface area (Å²) in [6, 6.07) is 5.49. The van der Waals surface area contributed by atoms with Gasteiger partial charge >= 0.3 is 0 Å². The van der Waals surface area contributed by atoms with Gasteiger partial charge in [-0.15, -0.1) is 12.4 Å². The number of halogens is 2. The lowest BCUT2D eigenvalue weighted by molar-refractivity contribution is 0.0979. The maximum absolute atomic E-state index is 12.8. The highest BCUT2D eigenvalue weighted by atomic mass is 35.5. The Kier molecular flexibility index (Phi) is 4.93. The highest BCUT2D eigenvalue weighted by molar-refractivity contribution is 5.96. The molecule has 118 valence electrons. The third-order valence-electron chi connectivity index (χ3n) is 3.89. The van der Waals surface area contributed by atoms with Crippen molar-refractivity contribution < 1.29 is 13.7 Å². The molecule has 0 spiro atoms. The highest BCUT2D eigenvalue weighted by Gasteiger charge is 2.38. The second kappa shape index (κ2) is 6.54. The van der Waals surface area contributed by atoms with Crippen molar-refractivity contribution in [2.24, 2.45) is 5.73 Å². The number of Topliss-reactive ketones (excluding diaryl/α,β-unsaturated/α-hetero) is 1. The molecule has 1 fully saturated rings. The number of nitrogens with two attached hydrogens (primary N) is 1. The molecule has 1 aliphatic carbocycles. The standard InChI is InChI=1S/C15H16FN3O2.ClH/c16-11-4-2-10(3-5-11)12(20)6-7-13-18-14(19-21-13)15(17)8-1-9-15;/h2-5H,1,6-9,17H2;1H. The topological polar surface area (TPSA) is 82.0 Å². The Balaban J connectivity index is 0.00000176. The van der Waals surface area contributed by atoms with E-state index in [4.69, 9.17) is 10.3 Å². The zero-order valence-electron chi connectivity index (χ0n) is 11.9. The predicted molar refractivity (Wildman–Crippen MR) is 80.3 cm³/mol. The van der Waals surface area contributed by atoms with E-state index in [2.05, 4.69) is 10.1 Å². The number of benzene rings is 1. The van der Waals surface area contributed by atoms with Crippen molar-refractivity contribution in [3.63, 3.8) is 0 Å². The molecular weight excluding hydrogens is 309 g/mol. The van der Waals surface area contributed by atoms with E-state index < -0.39 is 5.54 Å². The molecule has 1 saturated carbocycles. The van der Waals surface area contributed by atoms with Gasteiger partial charge in [0, 0.05) is 18.4 Å². The fraction of sp³-hybridized carbons (Fsp3) is 0.400. The van der Waals surface area contributed by atoms with Crippen molar-refractivity contribution in [1.82, 2.24) is 10.1 Å². The molecule has 2 N–H and O–H groups in total. The Morgan fingerprint density at radius 1 is 1.32 bits per heavy atom. The van der Waals surface area contributed by atoms with Crippen LogP contribution in [0.4, 0.5) is 4.39 Å². The van der Waals surface area contributed by atoms with E-state index in [1.807, 2.05) is 0 Å². The zero-order valence-corrected chi connectivity index (χ0v) is 12.7. The number of rotatable bonds is 5. The van der Waals surface area contributed by atoms with Crippen LogP contribution in [0.3, 0.4) is 0 Å². The molecule has 3 rings (SSSR count). The van der Waals surface area contributed by atoms with Gasteiger partial charge in [0.1, 0.15) is 5.82 Å². The Labute approximate surface area is 133 Å². The molecule has 5 nitrogen and oxygen atoms in total. The number of carbonyl (C=O) groups is 1. The summed E-state index contributed by atoms with van der Waals surface area (Å²) in [4.78, 5) is 16.2. The average molecular weight is 326 g/mol. The molecule has 0 amide bonds. The molecule has 7 heteroatoms. The number of ketones is 1. The van der Waals surface area contributed by atoms with Crippen molar-refractivity contribution in [3.8, 4) is 0 Å². The third-order valence-corrected chi connectivity index (χ3v) is 3.89. The number of carbonyl (C=O) groups excluding carboxylic acids is 1. The van der Waals surface area contributed by atoms with Gasteiger partial charge in [0.15, 0.2) is 11.6 Å². The van der Waals surface area contributed by atoms with Crippen molar-refractivity contribution in [2.75, 3.05) is 0 Å². The fourth-order valence-electron chi connectivity index (χ4n) is 2.34. The molecular formula is C15H17ClFN3O2. The summed E-state index contributed by atoms with van der Waals surface area (Å²) < 4.78 is 17.9. The molecule has 1 aliphatic rings. The largest absolute Gasteiger partial charge is 0.339 e. The van der Waals surface area contributed by atoms with Gasteiger partial charge in [-0.05, 0) is 43.5 Å². The van der Waals surface area contributed by atoms with Crippen LogP contribution in [0, 0.1) is 5.82 Å². The summed E-state index contributed by atoms with van der Waals surface area (Å²) in [5, 5.41) is 3.90. The minimum absolute atomic E-state index is 0. The van der Waals surface area contributed by atoms with Gasteiger partial charge in [-0.3, -0.25) is 4.79 Å². The van der Waals surface area contributed by atoms with Crippen LogP contribution in [-0.2, 0) is 12.0 Å². The second-order valence-corrected chi connectivity index (χ2v) is 5.45. The first-order chi connectivity index (χ1) is 10.1. The van der Waals surface area contributed by atoms with Gasteiger partial charge in [0.05, 0.1) is 5.54 Å². The summed E-state index contributed by atoms with van der Waals surface area (Å²) in [5.41, 5.74) is 6.13. The summed E-state index contributed by atoms with van der Waals surface area (Å²) in [7, 11) is 0. The van der Waals surface area contributed by atoms with Crippen molar-refractivity contribution >= 4 is 18.2 Å². The van der Waals surface area contributed by atoms with E-state index in [0.29, 0.717) is 23.7 Å². The van der Waals surface area contributed by atoms with Crippen LogP contribution in [0.2, 0.25) is 0 Å². The minimum atomic E-state index is -0.456. The maximum atomic E-state index is 12.8. The number of aromatic nitrogens is 2. The molecule has 1 aromatic heterocycles.